The second-order valence-electron chi connectivity index (χ2n) is 2.53. The van der Waals surface area contributed by atoms with Crippen molar-refractivity contribution in [3.05, 3.63) is 24.2 Å². The summed E-state index contributed by atoms with van der Waals surface area (Å²) in [4.78, 5) is 12.2. The topological polar surface area (TPSA) is 38.7 Å². The molecule has 0 aromatic carbocycles. The van der Waals surface area contributed by atoms with Crippen LogP contribution in [0, 0.1) is 6.92 Å². The first-order chi connectivity index (χ1) is 5.77. The first kappa shape index (κ1) is 7.22. The van der Waals surface area contributed by atoms with Crippen LogP contribution in [0.1, 0.15) is 5.82 Å². The van der Waals surface area contributed by atoms with Gasteiger partial charge in [-0.2, -0.15) is 0 Å². The molecule has 4 heteroatoms. The minimum absolute atomic E-state index is 0.491. The van der Waals surface area contributed by atoms with Crippen molar-refractivity contribution in [1.82, 2.24) is 15.0 Å². The molecule has 2 aromatic rings. The van der Waals surface area contributed by atoms with Gasteiger partial charge in [-0.15, -0.1) is 0 Å². The summed E-state index contributed by atoms with van der Waals surface area (Å²) < 4.78 is 0. The molecule has 2 rings (SSSR count). The lowest BCUT2D eigenvalue weighted by Crippen LogP contribution is -2.12. The Balaban J connectivity index is 2.89. The first-order valence-electron chi connectivity index (χ1n) is 3.62. The van der Waals surface area contributed by atoms with Gasteiger partial charge in [0.2, 0.25) is 0 Å². The first-order valence-corrected chi connectivity index (χ1v) is 3.62. The predicted molar refractivity (Wildman–Crippen MR) is 47.5 cm³/mol. The smallest absolute Gasteiger partial charge is 0.162 e. The van der Waals surface area contributed by atoms with E-state index in [1.165, 1.54) is 0 Å². The Morgan fingerprint density at radius 2 is 2.17 bits per heavy atom. The highest BCUT2D eigenvalue weighted by molar-refractivity contribution is 6.36. The molecule has 0 aliphatic heterocycles. The van der Waals surface area contributed by atoms with E-state index in [2.05, 4.69) is 15.0 Å². The molecule has 0 aliphatic rings. The van der Waals surface area contributed by atoms with Crippen LogP contribution >= 0.6 is 0 Å². The molecule has 0 spiro atoms. The third-order valence-corrected chi connectivity index (χ3v) is 1.61. The number of rotatable bonds is 0. The minimum atomic E-state index is 0.491. The molecule has 0 bridgehead atoms. The molecule has 0 saturated carbocycles. The van der Waals surface area contributed by atoms with E-state index in [-0.39, 0.29) is 0 Å². The van der Waals surface area contributed by atoms with Gasteiger partial charge in [0.05, 0.1) is 0 Å². The van der Waals surface area contributed by atoms with Gasteiger partial charge in [0.1, 0.15) is 13.7 Å². The van der Waals surface area contributed by atoms with Gasteiger partial charge in [0.15, 0.2) is 5.65 Å². The number of aryl methyl sites for hydroxylation is 1. The highest BCUT2D eigenvalue weighted by Crippen LogP contribution is 2.02. The van der Waals surface area contributed by atoms with Crippen LogP contribution < -0.4 is 5.59 Å². The molecule has 0 amide bonds. The minimum Gasteiger partial charge on any atom is -0.249 e. The molecule has 2 radical (unpaired) electrons. The number of nitrogens with zero attached hydrogens (tertiary/aromatic N) is 3. The van der Waals surface area contributed by atoms with Crippen molar-refractivity contribution in [2.75, 3.05) is 0 Å². The summed E-state index contributed by atoms with van der Waals surface area (Å²) in [6.07, 6.45) is 1.69. The van der Waals surface area contributed by atoms with E-state index < -0.39 is 0 Å². The van der Waals surface area contributed by atoms with E-state index in [9.17, 15) is 0 Å². The van der Waals surface area contributed by atoms with Crippen LogP contribution in [0.5, 0.6) is 0 Å². The van der Waals surface area contributed by atoms with Gasteiger partial charge in [0, 0.05) is 17.2 Å². The molecular weight excluding hydrogens is 149 g/mol. The van der Waals surface area contributed by atoms with Crippen molar-refractivity contribution in [2.45, 2.75) is 6.92 Å². The molecule has 56 valence electrons. The van der Waals surface area contributed by atoms with Gasteiger partial charge in [-0.25, -0.2) is 15.0 Å². The summed E-state index contributed by atoms with van der Waals surface area (Å²) in [6.45, 7) is 1.80. The van der Waals surface area contributed by atoms with Gasteiger partial charge < -0.3 is 0 Å². The lowest BCUT2D eigenvalue weighted by Gasteiger charge is -2.00. The van der Waals surface area contributed by atoms with Crippen LogP contribution in [0.25, 0.3) is 11.0 Å². The van der Waals surface area contributed by atoms with Crippen LogP contribution in [0.2, 0.25) is 0 Å². The van der Waals surface area contributed by atoms with E-state index in [0.29, 0.717) is 17.1 Å². The second kappa shape index (κ2) is 2.55. The monoisotopic (exact) mass is 155 g/mol. The Morgan fingerprint density at radius 1 is 1.33 bits per heavy atom. The summed E-state index contributed by atoms with van der Waals surface area (Å²) in [5, 5.41) is 0.808. The fourth-order valence-corrected chi connectivity index (χ4v) is 1.10. The van der Waals surface area contributed by atoms with E-state index in [0.717, 1.165) is 5.39 Å². The Bertz CT molecular complexity index is 428. The number of pyridine rings is 1. The highest BCUT2D eigenvalue weighted by atomic mass is 14.9. The molecule has 0 aliphatic carbocycles. The summed E-state index contributed by atoms with van der Waals surface area (Å²) in [5.74, 6) is 0.652. The predicted octanol–water partition coefficient (Wildman–Crippen LogP) is 0.127. The third-order valence-electron chi connectivity index (χ3n) is 1.61. The van der Waals surface area contributed by atoms with Crippen LogP contribution in [0.15, 0.2) is 18.3 Å². The molecule has 0 atom stereocenters. The Labute approximate surface area is 71.3 Å². The third kappa shape index (κ3) is 1.05. The standard InChI is InChI=1S/C8H6BN3/c1-5-11-7(9)6-3-2-4-10-8(6)12-5/h2-4H,1H3. The van der Waals surface area contributed by atoms with E-state index in [4.69, 9.17) is 7.85 Å². The normalized spacial score (nSPS) is 10.4. The summed E-state index contributed by atoms with van der Waals surface area (Å²) in [6, 6.07) is 3.68. The number of hydrogen-bond donors (Lipinski definition) is 0. The molecular formula is C8H6BN3. The summed E-state index contributed by atoms with van der Waals surface area (Å²) in [5.41, 5.74) is 1.15. The summed E-state index contributed by atoms with van der Waals surface area (Å²) >= 11 is 0. The lowest BCUT2D eigenvalue weighted by atomic mass is 10.0. The molecule has 0 saturated heterocycles. The SMILES string of the molecule is [B]c1nc(C)nc2ncccc12. The van der Waals surface area contributed by atoms with Crippen molar-refractivity contribution in [3.63, 3.8) is 0 Å². The zero-order valence-electron chi connectivity index (χ0n) is 6.65. The van der Waals surface area contributed by atoms with E-state index >= 15 is 0 Å². The maximum Gasteiger partial charge on any atom is 0.162 e. The molecule has 0 fully saturated rings. The molecule has 3 nitrogen and oxygen atoms in total. The lowest BCUT2D eigenvalue weighted by molar-refractivity contribution is 1.09. The average molecular weight is 155 g/mol. The van der Waals surface area contributed by atoms with E-state index in [1.807, 2.05) is 12.1 Å². The zero-order chi connectivity index (χ0) is 8.55. The Kier molecular flexibility index (Phi) is 1.53. The van der Waals surface area contributed by atoms with Crippen molar-refractivity contribution >= 4 is 24.5 Å². The molecule has 2 aromatic heterocycles. The maximum absolute atomic E-state index is 5.67. The fourth-order valence-electron chi connectivity index (χ4n) is 1.10. The highest BCUT2D eigenvalue weighted by Gasteiger charge is 1.99. The summed E-state index contributed by atoms with van der Waals surface area (Å²) in [7, 11) is 5.67. The van der Waals surface area contributed by atoms with Crippen LogP contribution in [0.3, 0.4) is 0 Å². The largest absolute Gasteiger partial charge is 0.249 e. The van der Waals surface area contributed by atoms with Gasteiger partial charge in [-0.1, -0.05) is 0 Å². The number of aromatic nitrogens is 3. The van der Waals surface area contributed by atoms with Crippen molar-refractivity contribution in [1.29, 1.82) is 0 Å². The van der Waals surface area contributed by atoms with Gasteiger partial charge >= 0.3 is 0 Å². The Hall–Kier alpha value is -1.45. The molecule has 0 unspecified atom stereocenters. The number of hydrogen-bond acceptors (Lipinski definition) is 3. The van der Waals surface area contributed by atoms with E-state index in [1.54, 1.807) is 13.1 Å². The number of fused-ring (bicyclic) bond motifs is 1. The van der Waals surface area contributed by atoms with Crippen molar-refractivity contribution in [3.8, 4) is 0 Å². The quantitative estimate of drug-likeness (QED) is 0.507. The van der Waals surface area contributed by atoms with Gasteiger partial charge in [-0.05, 0) is 19.1 Å². The van der Waals surface area contributed by atoms with Crippen molar-refractivity contribution < 1.29 is 0 Å². The van der Waals surface area contributed by atoms with Crippen LogP contribution in [0.4, 0.5) is 0 Å². The molecule has 0 N–H and O–H groups in total. The van der Waals surface area contributed by atoms with Crippen LogP contribution in [-0.4, -0.2) is 22.8 Å². The Morgan fingerprint density at radius 3 is 3.00 bits per heavy atom. The second-order valence-corrected chi connectivity index (χ2v) is 2.53. The van der Waals surface area contributed by atoms with Gasteiger partial charge in [0.25, 0.3) is 0 Å². The maximum atomic E-state index is 5.67. The zero-order valence-corrected chi connectivity index (χ0v) is 6.65. The fraction of sp³-hybridized carbons (Fsp3) is 0.125. The molecule has 12 heavy (non-hydrogen) atoms. The van der Waals surface area contributed by atoms with Gasteiger partial charge in [-0.3, -0.25) is 0 Å². The van der Waals surface area contributed by atoms with Crippen molar-refractivity contribution in [2.24, 2.45) is 0 Å². The average Bonchev–Trinajstić information content (AvgIpc) is 2.04. The van der Waals surface area contributed by atoms with Crippen LogP contribution in [-0.2, 0) is 0 Å². The molecule has 2 heterocycles.